The smallest absolute Gasteiger partial charge is 0.324 e. The van der Waals surface area contributed by atoms with Crippen LogP contribution >= 0.6 is 23.4 Å². The first kappa shape index (κ1) is 20.3. The number of hydrogen-bond donors (Lipinski definition) is 1. The molecular weight excluding hydrogens is 370 g/mol. The zero-order chi connectivity index (χ0) is 19.3. The van der Waals surface area contributed by atoms with Gasteiger partial charge in [-0.15, -0.1) is 0 Å². The van der Waals surface area contributed by atoms with Crippen molar-refractivity contribution in [2.24, 2.45) is 0 Å². The Morgan fingerprint density at radius 2 is 1.69 bits per heavy atom. The molecule has 0 saturated carbocycles. The third-order valence-corrected chi connectivity index (χ3v) is 5.86. The van der Waals surface area contributed by atoms with E-state index in [1.165, 1.54) is 6.92 Å². The van der Waals surface area contributed by atoms with Gasteiger partial charge in [-0.1, -0.05) is 54.1 Å². The summed E-state index contributed by atoms with van der Waals surface area (Å²) >= 11 is 7.22. The second-order valence-corrected chi connectivity index (χ2v) is 7.72. The molecule has 1 unspecified atom stereocenters. The summed E-state index contributed by atoms with van der Waals surface area (Å²) in [5, 5.41) is 9.88. The highest BCUT2D eigenvalue weighted by Gasteiger charge is 2.41. The average Bonchev–Trinajstić information content (AvgIpc) is 2.63. The van der Waals surface area contributed by atoms with E-state index in [9.17, 15) is 14.7 Å². The quantitative estimate of drug-likeness (QED) is 0.706. The van der Waals surface area contributed by atoms with Crippen LogP contribution in [0, 0.1) is 0 Å². The number of carbonyl (C=O) groups excluding carboxylic acids is 1. The Kier molecular flexibility index (Phi) is 6.73. The number of nitrogens with zero attached hydrogens (tertiary/aromatic N) is 1. The van der Waals surface area contributed by atoms with Gasteiger partial charge in [-0.2, -0.15) is 0 Å². The lowest BCUT2D eigenvalue weighted by Crippen LogP contribution is -2.35. The molecule has 1 N–H and O–H groups in total. The molecule has 2 rings (SSSR count). The maximum absolute atomic E-state index is 12.5. The monoisotopic (exact) mass is 391 g/mol. The van der Waals surface area contributed by atoms with E-state index in [4.69, 9.17) is 11.6 Å². The third-order valence-electron chi connectivity index (χ3n) is 4.31. The topological polar surface area (TPSA) is 57.6 Å². The predicted octanol–water partition coefficient (Wildman–Crippen LogP) is 5.50. The Bertz CT molecular complexity index is 793. The van der Waals surface area contributed by atoms with Crippen molar-refractivity contribution in [3.8, 4) is 11.1 Å². The van der Waals surface area contributed by atoms with Gasteiger partial charge in [-0.05, 0) is 55.3 Å². The van der Waals surface area contributed by atoms with Gasteiger partial charge in [0.1, 0.15) is 4.75 Å². The number of benzene rings is 2. The van der Waals surface area contributed by atoms with Crippen molar-refractivity contribution >= 4 is 34.6 Å². The molecule has 0 bridgehead atoms. The van der Waals surface area contributed by atoms with Gasteiger partial charge in [0.2, 0.25) is 0 Å². The van der Waals surface area contributed by atoms with Crippen molar-refractivity contribution in [1.82, 2.24) is 4.90 Å². The maximum Gasteiger partial charge on any atom is 0.324 e. The molecule has 2 aromatic rings. The van der Waals surface area contributed by atoms with Crippen molar-refractivity contribution in [2.75, 3.05) is 13.1 Å². The second-order valence-electron chi connectivity index (χ2n) is 5.94. The van der Waals surface area contributed by atoms with Gasteiger partial charge in [-0.3, -0.25) is 9.59 Å². The van der Waals surface area contributed by atoms with Crippen LogP contribution in [0.3, 0.4) is 0 Å². The zero-order valence-corrected chi connectivity index (χ0v) is 16.6. The minimum Gasteiger partial charge on any atom is -0.480 e. The lowest BCUT2D eigenvalue weighted by Gasteiger charge is -2.28. The molecule has 0 aliphatic rings. The highest BCUT2D eigenvalue weighted by atomic mass is 35.5. The number of halogens is 1. The van der Waals surface area contributed by atoms with Gasteiger partial charge in [0, 0.05) is 18.1 Å². The van der Waals surface area contributed by atoms with E-state index >= 15 is 0 Å². The fourth-order valence-corrected chi connectivity index (χ4v) is 4.18. The van der Waals surface area contributed by atoms with Crippen molar-refractivity contribution in [3.05, 3.63) is 59.1 Å². The van der Waals surface area contributed by atoms with Crippen molar-refractivity contribution in [3.63, 3.8) is 0 Å². The number of hydrogen-bond acceptors (Lipinski definition) is 3. The molecule has 0 spiro atoms. The number of carboxylic acid groups (broad SMARTS) is 1. The summed E-state index contributed by atoms with van der Waals surface area (Å²) in [4.78, 5) is 26.1. The molecule has 2 aromatic carbocycles. The largest absolute Gasteiger partial charge is 0.480 e. The predicted molar refractivity (Wildman–Crippen MR) is 108 cm³/mol. The number of aliphatic carboxylic acids is 1. The Labute approximate surface area is 163 Å². The van der Waals surface area contributed by atoms with Crippen molar-refractivity contribution < 1.29 is 14.7 Å². The van der Waals surface area contributed by atoms with Crippen LogP contribution in [0.1, 0.15) is 26.3 Å². The van der Waals surface area contributed by atoms with Crippen LogP contribution in [0.2, 0.25) is 5.02 Å². The number of rotatable bonds is 6. The van der Waals surface area contributed by atoms with Crippen molar-refractivity contribution in [2.45, 2.75) is 25.5 Å². The molecule has 138 valence electrons. The van der Waals surface area contributed by atoms with E-state index in [0.29, 0.717) is 23.7 Å². The Hall–Kier alpha value is -1.98. The molecule has 0 aliphatic heterocycles. The van der Waals surface area contributed by atoms with E-state index in [-0.39, 0.29) is 5.24 Å². The molecule has 0 heterocycles. The highest BCUT2D eigenvalue weighted by Crippen LogP contribution is 2.42. The molecule has 0 radical (unpaired) electrons. The van der Waals surface area contributed by atoms with Crippen molar-refractivity contribution in [1.29, 1.82) is 0 Å². The lowest BCUT2D eigenvalue weighted by atomic mass is 9.96. The Morgan fingerprint density at radius 3 is 2.19 bits per heavy atom. The first-order valence-electron chi connectivity index (χ1n) is 8.40. The number of carboxylic acids is 1. The van der Waals surface area contributed by atoms with E-state index in [2.05, 4.69) is 0 Å². The van der Waals surface area contributed by atoms with Crippen LogP contribution in [0.5, 0.6) is 0 Å². The summed E-state index contributed by atoms with van der Waals surface area (Å²) in [6, 6.07) is 15.0. The van der Waals surface area contributed by atoms with Crippen LogP contribution < -0.4 is 0 Å². The van der Waals surface area contributed by atoms with E-state index in [1.54, 1.807) is 17.0 Å². The molecule has 0 aromatic heterocycles. The first-order chi connectivity index (χ1) is 12.3. The second kappa shape index (κ2) is 8.60. The molecule has 1 amide bonds. The molecule has 0 saturated heterocycles. The van der Waals surface area contributed by atoms with Gasteiger partial charge in [-0.25, -0.2) is 0 Å². The number of carbonyl (C=O) groups is 2. The Morgan fingerprint density at radius 1 is 1.08 bits per heavy atom. The van der Waals surface area contributed by atoms with Gasteiger partial charge in [0.15, 0.2) is 0 Å². The van der Waals surface area contributed by atoms with Crippen LogP contribution in [-0.4, -0.2) is 34.3 Å². The average molecular weight is 392 g/mol. The van der Waals surface area contributed by atoms with E-state index in [0.717, 1.165) is 22.9 Å². The molecule has 1 atom stereocenters. The van der Waals surface area contributed by atoms with E-state index in [1.807, 2.05) is 50.2 Å². The van der Waals surface area contributed by atoms with Crippen LogP contribution in [-0.2, 0) is 9.54 Å². The SMILES string of the molecule is CCN(CC)C(=O)SC(C)(C(=O)O)c1ccc(-c2ccccc2)cc1Cl. The molecule has 26 heavy (non-hydrogen) atoms. The number of amides is 1. The molecule has 0 aliphatic carbocycles. The molecule has 0 fully saturated rings. The van der Waals surface area contributed by atoms with Gasteiger partial charge in [0.25, 0.3) is 5.24 Å². The van der Waals surface area contributed by atoms with Crippen LogP contribution in [0.15, 0.2) is 48.5 Å². The van der Waals surface area contributed by atoms with Gasteiger partial charge >= 0.3 is 5.97 Å². The highest BCUT2D eigenvalue weighted by molar-refractivity contribution is 8.14. The van der Waals surface area contributed by atoms with Crippen LogP contribution in [0.25, 0.3) is 11.1 Å². The summed E-state index contributed by atoms with van der Waals surface area (Å²) < 4.78 is -1.47. The zero-order valence-electron chi connectivity index (χ0n) is 15.0. The minimum atomic E-state index is -1.47. The van der Waals surface area contributed by atoms with Crippen LogP contribution in [0.4, 0.5) is 4.79 Å². The number of thioether (sulfide) groups is 1. The first-order valence-corrected chi connectivity index (χ1v) is 9.59. The Balaban J connectivity index is 2.41. The maximum atomic E-state index is 12.5. The summed E-state index contributed by atoms with van der Waals surface area (Å²) in [7, 11) is 0. The summed E-state index contributed by atoms with van der Waals surface area (Å²) in [5.74, 6) is -1.10. The molecule has 6 heteroatoms. The molecular formula is C20H22ClNO3S. The lowest BCUT2D eigenvalue weighted by molar-refractivity contribution is -0.139. The normalized spacial score (nSPS) is 13.1. The molecule has 4 nitrogen and oxygen atoms in total. The fraction of sp³-hybridized carbons (Fsp3) is 0.300. The third kappa shape index (κ3) is 4.22. The van der Waals surface area contributed by atoms with Gasteiger partial charge < -0.3 is 10.0 Å². The van der Waals surface area contributed by atoms with E-state index < -0.39 is 10.7 Å². The summed E-state index contributed by atoms with van der Waals surface area (Å²) in [6.07, 6.45) is 0. The standard InChI is InChI=1S/C20H22ClNO3S/c1-4-22(5-2)19(25)26-20(3,18(23)24)16-12-11-15(13-17(16)21)14-9-7-6-8-10-14/h6-13H,4-5H2,1-3H3,(H,23,24). The van der Waals surface area contributed by atoms with Gasteiger partial charge in [0.05, 0.1) is 0 Å². The summed E-state index contributed by atoms with van der Waals surface area (Å²) in [6.45, 7) is 6.30. The minimum absolute atomic E-state index is 0.275. The fourth-order valence-electron chi connectivity index (χ4n) is 2.65. The summed E-state index contributed by atoms with van der Waals surface area (Å²) in [5.41, 5.74) is 2.30.